The van der Waals surface area contributed by atoms with E-state index < -0.39 is 62.9 Å². The summed E-state index contributed by atoms with van der Waals surface area (Å²) in [6.45, 7) is 6.25. The Morgan fingerprint density at radius 2 is 1.90 bits per heavy atom. The summed E-state index contributed by atoms with van der Waals surface area (Å²) >= 11 is 0. The number of hydrogen-bond donors (Lipinski definition) is 4. The minimum atomic E-state index is -4.48. The summed E-state index contributed by atoms with van der Waals surface area (Å²) in [7, 11) is -4.48. The fraction of sp³-hybridized carbons (Fsp3) is 0.516. The van der Waals surface area contributed by atoms with Crippen molar-refractivity contribution in [3.05, 3.63) is 59.5 Å². The molecule has 1 fully saturated rings. The first-order chi connectivity index (χ1) is 22.9. The monoisotopic (exact) mass is 688 g/mol. The van der Waals surface area contributed by atoms with Crippen LogP contribution >= 0.6 is 7.75 Å². The average Bonchev–Trinajstić information content (AvgIpc) is 3.63. The van der Waals surface area contributed by atoms with Gasteiger partial charge in [0, 0.05) is 0 Å². The Morgan fingerprint density at radius 1 is 1.17 bits per heavy atom. The lowest BCUT2D eigenvalue weighted by Gasteiger charge is -2.25. The van der Waals surface area contributed by atoms with Gasteiger partial charge >= 0.3 is 19.7 Å². The Labute approximate surface area is 277 Å². The van der Waals surface area contributed by atoms with Crippen LogP contribution in [0.25, 0.3) is 5.52 Å². The second-order valence-corrected chi connectivity index (χ2v) is 13.0. The fourth-order valence-electron chi connectivity index (χ4n) is 5.18. The van der Waals surface area contributed by atoms with Gasteiger partial charge in [0.2, 0.25) is 5.60 Å². The quantitative estimate of drug-likeness (QED) is 0.125. The lowest BCUT2D eigenvalue weighted by atomic mass is 9.92. The van der Waals surface area contributed by atoms with Crippen LogP contribution in [0.2, 0.25) is 0 Å². The summed E-state index contributed by atoms with van der Waals surface area (Å²) in [6.07, 6.45) is -2.15. The summed E-state index contributed by atoms with van der Waals surface area (Å²) < 4.78 is 43.3. The minimum absolute atomic E-state index is 0.0603. The van der Waals surface area contributed by atoms with Gasteiger partial charge in [-0.15, -0.1) is 0 Å². The molecule has 0 amide bonds. The van der Waals surface area contributed by atoms with E-state index in [0.29, 0.717) is 11.1 Å². The second-order valence-electron chi connectivity index (χ2n) is 11.2. The van der Waals surface area contributed by atoms with Gasteiger partial charge in [0.25, 0.3) is 0 Å². The maximum Gasteiger partial charge on any atom is 0.406 e. The second kappa shape index (κ2) is 16.0. The molecule has 0 unspecified atom stereocenters. The van der Waals surface area contributed by atoms with Gasteiger partial charge in [-0.1, -0.05) is 44.9 Å². The van der Waals surface area contributed by atoms with Gasteiger partial charge in [0.05, 0.1) is 37.7 Å². The molecule has 0 radical (unpaired) electrons. The Kier molecular flexibility index (Phi) is 12.3. The third-order valence-electron chi connectivity index (χ3n) is 8.12. The molecule has 3 aromatic rings. The molecule has 0 spiro atoms. The number of nitrogens with one attached hydrogen (secondary N) is 1. The number of aliphatic hydroxyl groups excluding tert-OH is 2. The Hall–Kier alpha value is -3.94. The Bertz CT molecular complexity index is 1680. The first-order valence-electron chi connectivity index (χ1n) is 15.6. The molecule has 5 N–H and O–H groups in total. The molecular weight excluding hydrogens is 647 g/mol. The third-order valence-corrected chi connectivity index (χ3v) is 9.78. The molecule has 16 nitrogen and oxygen atoms in total. The lowest BCUT2D eigenvalue weighted by molar-refractivity contribution is -0.146. The Balaban J connectivity index is 1.57. The molecular formula is C31H41N6O10P. The van der Waals surface area contributed by atoms with Crippen molar-refractivity contribution >= 4 is 31.0 Å². The highest BCUT2D eigenvalue weighted by Crippen LogP contribution is 2.48. The zero-order valence-corrected chi connectivity index (χ0v) is 28.0. The van der Waals surface area contributed by atoms with Gasteiger partial charge in [-0.3, -0.25) is 13.8 Å². The maximum absolute atomic E-state index is 14.2. The number of esters is 2. The van der Waals surface area contributed by atoms with E-state index in [1.807, 2.05) is 19.9 Å². The summed E-state index contributed by atoms with van der Waals surface area (Å²) in [5, 5.41) is 39.0. The van der Waals surface area contributed by atoms with Crippen molar-refractivity contribution in [1.29, 1.82) is 5.26 Å². The molecule has 1 aromatic carbocycles. The largest absolute Gasteiger partial charge is 0.464 e. The van der Waals surface area contributed by atoms with Crippen molar-refractivity contribution in [1.82, 2.24) is 19.7 Å². The molecule has 3 heterocycles. The molecule has 1 saturated heterocycles. The number of fused-ring (bicyclic) bond motifs is 1. The van der Waals surface area contributed by atoms with E-state index in [1.54, 1.807) is 25.1 Å². The fourth-order valence-corrected chi connectivity index (χ4v) is 6.64. The van der Waals surface area contributed by atoms with Crippen LogP contribution < -0.4 is 10.8 Å². The normalized spacial score (nSPS) is 22.7. The van der Waals surface area contributed by atoms with Crippen molar-refractivity contribution in [3.8, 4) is 6.07 Å². The van der Waals surface area contributed by atoms with E-state index in [4.69, 9.17) is 29.0 Å². The van der Waals surface area contributed by atoms with Crippen molar-refractivity contribution in [2.45, 2.75) is 77.1 Å². The molecule has 0 bridgehead atoms. The molecule has 1 aliphatic heterocycles. The van der Waals surface area contributed by atoms with Crippen LogP contribution in [-0.2, 0) is 44.8 Å². The van der Waals surface area contributed by atoms with Crippen LogP contribution in [0.4, 0.5) is 5.82 Å². The number of nitriles is 1. The van der Waals surface area contributed by atoms with Crippen LogP contribution in [0.5, 0.6) is 0 Å². The van der Waals surface area contributed by atoms with E-state index >= 15 is 0 Å². The zero-order chi connectivity index (χ0) is 35.1. The van der Waals surface area contributed by atoms with Crippen molar-refractivity contribution in [3.63, 3.8) is 0 Å². The van der Waals surface area contributed by atoms with E-state index in [-0.39, 0.29) is 36.2 Å². The minimum Gasteiger partial charge on any atom is -0.464 e. The summed E-state index contributed by atoms with van der Waals surface area (Å²) in [4.78, 5) is 29.3. The molecule has 17 heteroatoms. The van der Waals surface area contributed by atoms with Gasteiger partial charge in [0.1, 0.15) is 42.3 Å². The van der Waals surface area contributed by atoms with Crippen molar-refractivity contribution < 1.29 is 47.6 Å². The zero-order valence-electron chi connectivity index (χ0n) is 27.1. The van der Waals surface area contributed by atoms with E-state index in [0.717, 1.165) is 19.2 Å². The number of hydrogen-bond acceptors (Lipinski definition) is 14. The molecule has 0 aliphatic carbocycles. The van der Waals surface area contributed by atoms with Gasteiger partial charge in [-0.25, -0.2) is 23.9 Å². The predicted molar refractivity (Wildman–Crippen MR) is 170 cm³/mol. The van der Waals surface area contributed by atoms with Gasteiger partial charge in [-0.2, -0.15) is 10.4 Å². The van der Waals surface area contributed by atoms with Crippen molar-refractivity contribution in [2.24, 2.45) is 5.92 Å². The summed E-state index contributed by atoms with van der Waals surface area (Å²) in [5.41, 5.74) is 4.67. The number of aliphatic hydroxyl groups is 2. The Morgan fingerprint density at radius 3 is 2.58 bits per heavy atom. The number of nitrogen functional groups attached to an aromatic ring is 1. The number of aromatic nitrogens is 3. The average molecular weight is 689 g/mol. The van der Waals surface area contributed by atoms with Gasteiger partial charge < -0.3 is 30.2 Å². The number of anilines is 1. The van der Waals surface area contributed by atoms with Crippen LogP contribution in [0.3, 0.4) is 0 Å². The van der Waals surface area contributed by atoms with E-state index in [1.165, 1.54) is 29.6 Å². The summed E-state index contributed by atoms with van der Waals surface area (Å²) in [6, 6.07) is 10.1. The molecule has 48 heavy (non-hydrogen) atoms. The van der Waals surface area contributed by atoms with E-state index in [2.05, 4.69) is 15.2 Å². The van der Waals surface area contributed by atoms with Gasteiger partial charge in [-0.05, 0) is 43.5 Å². The number of rotatable bonds is 16. The highest BCUT2D eigenvalue weighted by molar-refractivity contribution is 7.51. The van der Waals surface area contributed by atoms with Crippen LogP contribution in [0, 0.1) is 17.2 Å². The van der Waals surface area contributed by atoms with Gasteiger partial charge in [0.15, 0.2) is 5.82 Å². The van der Waals surface area contributed by atoms with Crippen LogP contribution in [0.1, 0.15) is 62.2 Å². The number of carbonyl (C=O) groups excluding carboxylic acids is 2. The summed E-state index contributed by atoms with van der Waals surface area (Å²) in [5.74, 6) is -1.07. The maximum atomic E-state index is 14.2. The first kappa shape index (κ1) is 36.9. The molecule has 0 saturated carbocycles. The SMILES string of the molecule is CCOC(=O)c1ccccc1CO[P@](=O)(N[C@@H](C)C(=O)OCC(CC)CC)OC[C@H]1O[C@@](C#N)(c2ccc3c(N)ncnn23)[C@H](O)[C@@H]1O. The first-order valence-corrected chi connectivity index (χ1v) is 17.1. The van der Waals surface area contributed by atoms with Crippen LogP contribution in [-0.4, -0.2) is 80.9 Å². The highest BCUT2D eigenvalue weighted by atomic mass is 31.2. The molecule has 1 aliphatic rings. The smallest absolute Gasteiger partial charge is 0.406 e. The molecule has 4 rings (SSSR count). The topological polar surface area (TPSA) is 230 Å². The standard InChI is InChI=1S/C31H41N6O10P/c1-5-20(6-2)14-44-29(40)19(4)36-48(42,45-15-21-10-8-9-11-22(21)30(41)43-7-3)46-16-24-26(38)27(39)31(17-32,47-24)25-13-12-23-28(33)34-18-35-37(23)25/h8-13,18-20,24,26-27,38-39H,5-7,14-16H2,1-4H3,(H,36,42)(H2,33,34,35)/t19-,24+,26+,27+,31-,48+/m0/s1. The number of carbonyl (C=O) groups is 2. The van der Waals surface area contributed by atoms with E-state index in [9.17, 15) is 29.6 Å². The lowest BCUT2D eigenvalue weighted by Crippen LogP contribution is -2.41. The number of benzene rings is 1. The number of ether oxygens (including phenoxy) is 3. The number of nitrogens with zero attached hydrogens (tertiary/aromatic N) is 4. The van der Waals surface area contributed by atoms with Crippen molar-refractivity contribution in [2.75, 3.05) is 25.6 Å². The molecule has 6 atom stereocenters. The highest BCUT2D eigenvalue weighted by Gasteiger charge is 2.58. The number of nitrogens with two attached hydrogens (primary N) is 1. The van der Waals surface area contributed by atoms with Crippen LogP contribution in [0.15, 0.2) is 42.7 Å². The predicted octanol–water partition coefficient (Wildman–Crippen LogP) is 2.63. The molecule has 260 valence electrons. The molecule has 2 aromatic heterocycles. The third kappa shape index (κ3) is 7.85.